The van der Waals surface area contributed by atoms with Crippen LogP contribution in [0.2, 0.25) is 0 Å². The molecular weight excluding hydrogens is 330 g/mol. The highest BCUT2D eigenvalue weighted by molar-refractivity contribution is 5.15. The second-order valence-corrected chi connectivity index (χ2v) is 7.79. The van der Waals surface area contributed by atoms with E-state index in [0.717, 1.165) is 39.3 Å². The predicted octanol–water partition coefficient (Wildman–Crippen LogP) is 3.96. The van der Waals surface area contributed by atoms with Crippen LogP contribution < -0.4 is 0 Å². The van der Waals surface area contributed by atoms with Crippen molar-refractivity contribution in [2.45, 2.75) is 26.9 Å². The molecule has 1 saturated heterocycles. The number of benzene rings is 2. The van der Waals surface area contributed by atoms with Gasteiger partial charge in [0.1, 0.15) is 0 Å². The summed E-state index contributed by atoms with van der Waals surface area (Å²) in [5.74, 6) is 0.694. The van der Waals surface area contributed by atoms with Crippen molar-refractivity contribution in [3.8, 4) is 0 Å². The van der Waals surface area contributed by atoms with E-state index >= 15 is 0 Å². The Labute approximate surface area is 165 Å². The summed E-state index contributed by atoms with van der Waals surface area (Å²) < 4.78 is 0. The first-order valence-electron chi connectivity index (χ1n) is 10.5. The fourth-order valence-corrected chi connectivity index (χ4v) is 4.19. The van der Waals surface area contributed by atoms with Crippen LogP contribution >= 0.6 is 0 Å². The molecule has 0 bridgehead atoms. The quantitative estimate of drug-likeness (QED) is 0.701. The third-order valence-electron chi connectivity index (χ3n) is 5.67. The Morgan fingerprint density at radius 3 is 1.59 bits per heavy atom. The molecule has 2 aromatic carbocycles. The van der Waals surface area contributed by atoms with Gasteiger partial charge in [0, 0.05) is 45.8 Å². The standard InChI is InChI=1S/C24H35N3/c1-3-25(4-2)19-24-20-26(17-22-11-7-5-8-12-22)15-16-27(21-24)18-23-13-9-6-10-14-23/h5-14,24H,3-4,15-21H2,1-2H3. The molecule has 1 aliphatic heterocycles. The number of hydrogen-bond donors (Lipinski definition) is 0. The summed E-state index contributed by atoms with van der Waals surface area (Å²) in [6.07, 6.45) is 0. The van der Waals surface area contributed by atoms with Crippen molar-refractivity contribution in [3.63, 3.8) is 0 Å². The average molecular weight is 366 g/mol. The van der Waals surface area contributed by atoms with Gasteiger partial charge in [0.15, 0.2) is 0 Å². The summed E-state index contributed by atoms with van der Waals surface area (Å²) in [4.78, 5) is 7.90. The first-order chi connectivity index (χ1) is 13.3. The Morgan fingerprint density at radius 2 is 1.19 bits per heavy atom. The van der Waals surface area contributed by atoms with E-state index in [1.54, 1.807) is 0 Å². The third kappa shape index (κ3) is 6.46. The van der Waals surface area contributed by atoms with Crippen LogP contribution in [0.5, 0.6) is 0 Å². The van der Waals surface area contributed by atoms with Crippen LogP contribution in [0.1, 0.15) is 25.0 Å². The van der Waals surface area contributed by atoms with Gasteiger partial charge in [-0.2, -0.15) is 0 Å². The van der Waals surface area contributed by atoms with Crippen molar-refractivity contribution in [2.24, 2.45) is 5.92 Å². The van der Waals surface area contributed by atoms with Gasteiger partial charge in [0.25, 0.3) is 0 Å². The molecule has 3 rings (SSSR count). The molecule has 0 N–H and O–H groups in total. The largest absolute Gasteiger partial charge is 0.304 e. The minimum absolute atomic E-state index is 0.694. The van der Waals surface area contributed by atoms with E-state index < -0.39 is 0 Å². The number of nitrogens with zero attached hydrogens (tertiary/aromatic N) is 3. The zero-order valence-corrected chi connectivity index (χ0v) is 17.1. The minimum Gasteiger partial charge on any atom is -0.304 e. The number of hydrogen-bond acceptors (Lipinski definition) is 3. The Bertz CT molecular complexity index is 588. The summed E-state index contributed by atoms with van der Waals surface area (Å²) in [5.41, 5.74) is 2.85. The highest BCUT2D eigenvalue weighted by Crippen LogP contribution is 2.16. The van der Waals surface area contributed by atoms with E-state index in [4.69, 9.17) is 0 Å². The lowest BCUT2D eigenvalue weighted by atomic mass is 10.1. The molecule has 1 aliphatic rings. The van der Waals surface area contributed by atoms with Gasteiger partial charge in [-0.25, -0.2) is 0 Å². The maximum atomic E-state index is 2.66. The minimum atomic E-state index is 0.694. The van der Waals surface area contributed by atoms with Crippen molar-refractivity contribution < 1.29 is 0 Å². The van der Waals surface area contributed by atoms with Crippen LogP contribution in [0.25, 0.3) is 0 Å². The van der Waals surface area contributed by atoms with E-state index in [2.05, 4.69) is 89.2 Å². The lowest BCUT2D eigenvalue weighted by Gasteiger charge is -2.29. The van der Waals surface area contributed by atoms with Crippen LogP contribution in [-0.4, -0.2) is 60.5 Å². The predicted molar refractivity (Wildman–Crippen MR) is 115 cm³/mol. The van der Waals surface area contributed by atoms with Crippen molar-refractivity contribution in [3.05, 3.63) is 71.8 Å². The second-order valence-electron chi connectivity index (χ2n) is 7.79. The first kappa shape index (κ1) is 20.1. The van der Waals surface area contributed by atoms with Crippen molar-refractivity contribution >= 4 is 0 Å². The van der Waals surface area contributed by atoms with Crippen LogP contribution in [0, 0.1) is 5.92 Å². The van der Waals surface area contributed by atoms with E-state index in [0.29, 0.717) is 5.92 Å². The van der Waals surface area contributed by atoms with Gasteiger partial charge < -0.3 is 4.90 Å². The molecule has 2 aromatic rings. The average Bonchev–Trinajstić information content (AvgIpc) is 2.89. The molecular formula is C24H35N3. The summed E-state index contributed by atoms with van der Waals surface area (Å²) in [6, 6.07) is 21.9. The van der Waals surface area contributed by atoms with Gasteiger partial charge in [0.2, 0.25) is 0 Å². The van der Waals surface area contributed by atoms with Gasteiger partial charge in [-0.05, 0) is 30.1 Å². The second kappa shape index (κ2) is 10.6. The topological polar surface area (TPSA) is 9.72 Å². The lowest BCUT2D eigenvalue weighted by Crippen LogP contribution is -2.38. The van der Waals surface area contributed by atoms with Crippen molar-refractivity contribution in [1.29, 1.82) is 0 Å². The van der Waals surface area contributed by atoms with Gasteiger partial charge in [0.05, 0.1) is 0 Å². The Balaban J connectivity index is 1.67. The van der Waals surface area contributed by atoms with E-state index in [1.165, 1.54) is 30.8 Å². The fourth-order valence-electron chi connectivity index (χ4n) is 4.19. The Morgan fingerprint density at radius 1 is 0.741 bits per heavy atom. The number of rotatable bonds is 8. The SMILES string of the molecule is CCN(CC)CC1CN(Cc2ccccc2)CCN(Cc2ccccc2)C1. The van der Waals surface area contributed by atoms with Crippen LogP contribution in [0.4, 0.5) is 0 Å². The molecule has 0 saturated carbocycles. The first-order valence-corrected chi connectivity index (χ1v) is 10.5. The van der Waals surface area contributed by atoms with Crippen LogP contribution in [0.3, 0.4) is 0 Å². The molecule has 1 fully saturated rings. The molecule has 1 heterocycles. The molecule has 146 valence electrons. The van der Waals surface area contributed by atoms with E-state index in [-0.39, 0.29) is 0 Å². The van der Waals surface area contributed by atoms with Gasteiger partial charge in [-0.1, -0.05) is 74.5 Å². The smallest absolute Gasteiger partial charge is 0.0234 e. The Hall–Kier alpha value is -1.68. The zero-order chi connectivity index (χ0) is 18.9. The maximum Gasteiger partial charge on any atom is 0.0234 e. The molecule has 27 heavy (non-hydrogen) atoms. The normalized spacial score (nSPS) is 17.3. The lowest BCUT2D eigenvalue weighted by molar-refractivity contribution is 0.183. The highest BCUT2D eigenvalue weighted by atomic mass is 15.2. The van der Waals surface area contributed by atoms with E-state index in [1.807, 2.05) is 0 Å². The Kier molecular flexibility index (Phi) is 7.88. The highest BCUT2D eigenvalue weighted by Gasteiger charge is 2.24. The molecule has 3 nitrogen and oxygen atoms in total. The third-order valence-corrected chi connectivity index (χ3v) is 5.67. The molecule has 0 atom stereocenters. The van der Waals surface area contributed by atoms with Crippen LogP contribution in [-0.2, 0) is 13.1 Å². The van der Waals surface area contributed by atoms with Gasteiger partial charge in [-0.15, -0.1) is 0 Å². The summed E-state index contributed by atoms with van der Waals surface area (Å²) in [6.45, 7) is 14.9. The van der Waals surface area contributed by atoms with E-state index in [9.17, 15) is 0 Å². The molecule has 0 aliphatic carbocycles. The summed E-state index contributed by atoms with van der Waals surface area (Å²) >= 11 is 0. The summed E-state index contributed by atoms with van der Waals surface area (Å²) in [7, 11) is 0. The maximum absolute atomic E-state index is 2.66. The molecule has 3 heteroatoms. The molecule has 0 radical (unpaired) electrons. The molecule has 0 amide bonds. The van der Waals surface area contributed by atoms with Crippen molar-refractivity contribution in [1.82, 2.24) is 14.7 Å². The van der Waals surface area contributed by atoms with Gasteiger partial charge in [-0.3, -0.25) is 9.80 Å². The molecule has 0 aromatic heterocycles. The van der Waals surface area contributed by atoms with Crippen molar-refractivity contribution in [2.75, 3.05) is 45.8 Å². The monoisotopic (exact) mass is 365 g/mol. The fraction of sp³-hybridized carbons (Fsp3) is 0.500. The van der Waals surface area contributed by atoms with Crippen LogP contribution in [0.15, 0.2) is 60.7 Å². The molecule has 0 spiro atoms. The molecule has 0 unspecified atom stereocenters. The van der Waals surface area contributed by atoms with Gasteiger partial charge >= 0.3 is 0 Å². The summed E-state index contributed by atoms with van der Waals surface area (Å²) in [5, 5.41) is 0. The zero-order valence-electron chi connectivity index (χ0n) is 17.1.